The Labute approximate surface area is 114 Å². The summed E-state index contributed by atoms with van der Waals surface area (Å²) in [6, 6.07) is 4.31. The van der Waals surface area contributed by atoms with Crippen LogP contribution in [0.2, 0.25) is 0 Å². The topological polar surface area (TPSA) is 104 Å². The molecule has 0 spiro atoms. The first-order valence-corrected chi connectivity index (χ1v) is 6.96. The number of sulfonamides is 1. The van der Waals surface area contributed by atoms with Gasteiger partial charge < -0.3 is 5.32 Å². The maximum absolute atomic E-state index is 12.8. The standard InChI is InChI=1S/C11H11FN4O3S/c1-13-11(17)10-9(6-14-15-10)16-20(18,19)8-4-2-7(12)3-5-8/h2-6,16H,1H3,(H,13,17)(H,14,15). The van der Waals surface area contributed by atoms with Gasteiger partial charge in [0.1, 0.15) is 11.5 Å². The molecule has 2 rings (SSSR count). The van der Waals surface area contributed by atoms with E-state index < -0.39 is 21.7 Å². The second-order valence-electron chi connectivity index (χ2n) is 3.80. The van der Waals surface area contributed by atoms with Gasteiger partial charge in [0.25, 0.3) is 15.9 Å². The van der Waals surface area contributed by atoms with E-state index in [2.05, 4.69) is 20.2 Å². The maximum atomic E-state index is 12.8. The Balaban J connectivity index is 2.32. The Kier molecular flexibility index (Phi) is 3.70. The first kappa shape index (κ1) is 14.0. The number of hydrogen-bond acceptors (Lipinski definition) is 4. The molecule has 0 radical (unpaired) electrons. The Morgan fingerprint density at radius 2 is 1.95 bits per heavy atom. The van der Waals surface area contributed by atoms with Gasteiger partial charge in [0, 0.05) is 7.05 Å². The molecule has 1 aromatic heterocycles. The molecule has 7 nitrogen and oxygen atoms in total. The number of nitrogens with zero attached hydrogens (tertiary/aromatic N) is 1. The molecule has 0 aliphatic rings. The number of nitrogens with one attached hydrogen (secondary N) is 3. The van der Waals surface area contributed by atoms with E-state index in [0.717, 1.165) is 24.3 Å². The molecule has 0 saturated heterocycles. The summed E-state index contributed by atoms with van der Waals surface area (Å²) in [6.07, 6.45) is 1.17. The predicted octanol–water partition coefficient (Wildman–Crippen LogP) is 0.709. The van der Waals surface area contributed by atoms with Crippen LogP contribution in [-0.2, 0) is 10.0 Å². The zero-order valence-corrected chi connectivity index (χ0v) is 11.2. The third-order valence-electron chi connectivity index (χ3n) is 2.46. The van der Waals surface area contributed by atoms with E-state index in [1.807, 2.05) is 0 Å². The van der Waals surface area contributed by atoms with E-state index >= 15 is 0 Å². The van der Waals surface area contributed by atoms with Crippen molar-refractivity contribution in [2.75, 3.05) is 11.8 Å². The summed E-state index contributed by atoms with van der Waals surface area (Å²) in [5, 5.41) is 8.35. The van der Waals surface area contributed by atoms with Gasteiger partial charge in [-0.2, -0.15) is 5.10 Å². The summed E-state index contributed by atoms with van der Waals surface area (Å²) in [4.78, 5) is 11.4. The second-order valence-corrected chi connectivity index (χ2v) is 5.48. The van der Waals surface area contributed by atoms with Gasteiger partial charge in [0.2, 0.25) is 0 Å². The third-order valence-corrected chi connectivity index (χ3v) is 3.84. The van der Waals surface area contributed by atoms with Crippen molar-refractivity contribution in [1.29, 1.82) is 0 Å². The summed E-state index contributed by atoms with van der Waals surface area (Å²) in [6.45, 7) is 0. The normalized spacial score (nSPS) is 11.1. The average molecular weight is 298 g/mol. The lowest BCUT2D eigenvalue weighted by atomic mass is 10.3. The predicted molar refractivity (Wildman–Crippen MR) is 69.2 cm³/mol. The average Bonchev–Trinajstić information content (AvgIpc) is 2.85. The van der Waals surface area contributed by atoms with Crippen LogP contribution in [0.25, 0.3) is 0 Å². The van der Waals surface area contributed by atoms with Crippen molar-refractivity contribution in [3.8, 4) is 0 Å². The highest BCUT2D eigenvalue weighted by atomic mass is 32.2. The van der Waals surface area contributed by atoms with Crippen LogP contribution in [0.5, 0.6) is 0 Å². The zero-order chi connectivity index (χ0) is 14.8. The zero-order valence-electron chi connectivity index (χ0n) is 10.3. The monoisotopic (exact) mass is 298 g/mol. The highest BCUT2D eigenvalue weighted by Crippen LogP contribution is 2.18. The largest absolute Gasteiger partial charge is 0.354 e. The molecular weight excluding hydrogens is 287 g/mol. The van der Waals surface area contributed by atoms with Crippen molar-refractivity contribution in [2.24, 2.45) is 0 Å². The molecule has 0 aliphatic heterocycles. The minimum absolute atomic E-state index is 0.00803. The molecular formula is C11H11FN4O3S. The third kappa shape index (κ3) is 2.77. The fraction of sp³-hybridized carbons (Fsp3) is 0.0909. The number of amides is 1. The van der Waals surface area contributed by atoms with Gasteiger partial charge in [0.15, 0.2) is 0 Å². The smallest absolute Gasteiger partial charge is 0.271 e. The molecule has 3 N–H and O–H groups in total. The summed E-state index contributed by atoms with van der Waals surface area (Å²) in [5.41, 5.74) is -0.00754. The van der Waals surface area contributed by atoms with Crippen LogP contribution in [0.1, 0.15) is 10.5 Å². The van der Waals surface area contributed by atoms with Crippen molar-refractivity contribution in [3.05, 3.63) is 42.0 Å². The Morgan fingerprint density at radius 3 is 2.55 bits per heavy atom. The summed E-state index contributed by atoms with van der Waals surface area (Å²) in [7, 11) is -2.52. The summed E-state index contributed by atoms with van der Waals surface area (Å²) < 4.78 is 39.1. The molecule has 0 aliphatic carbocycles. The molecule has 0 bridgehead atoms. The van der Waals surface area contributed by atoms with E-state index in [1.165, 1.54) is 13.2 Å². The van der Waals surface area contributed by atoms with Crippen molar-refractivity contribution in [1.82, 2.24) is 15.5 Å². The number of halogens is 1. The number of H-pyrrole nitrogens is 1. The molecule has 1 amide bonds. The van der Waals surface area contributed by atoms with Crippen molar-refractivity contribution >= 4 is 21.6 Å². The van der Waals surface area contributed by atoms with Crippen LogP contribution in [0.3, 0.4) is 0 Å². The van der Waals surface area contributed by atoms with Crippen molar-refractivity contribution in [3.63, 3.8) is 0 Å². The van der Waals surface area contributed by atoms with Gasteiger partial charge in [0.05, 0.1) is 16.8 Å². The van der Waals surface area contributed by atoms with Gasteiger partial charge in [-0.25, -0.2) is 12.8 Å². The van der Waals surface area contributed by atoms with Gasteiger partial charge in [-0.15, -0.1) is 0 Å². The number of benzene rings is 1. The molecule has 1 heterocycles. The molecule has 0 fully saturated rings. The Morgan fingerprint density at radius 1 is 1.30 bits per heavy atom. The molecule has 9 heteroatoms. The number of aromatic nitrogens is 2. The van der Waals surface area contributed by atoms with Crippen LogP contribution in [0.15, 0.2) is 35.4 Å². The molecule has 0 atom stereocenters. The molecule has 0 saturated carbocycles. The highest BCUT2D eigenvalue weighted by Gasteiger charge is 2.19. The second kappa shape index (κ2) is 5.29. The lowest BCUT2D eigenvalue weighted by molar-refractivity contribution is 0.0959. The fourth-order valence-electron chi connectivity index (χ4n) is 1.48. The minimum atomic E-state index is -3.92. The van der Waals surface area contributed by atoms with Gasteiger partial charge >= 0.3 is 0 Å². The Hall–Kier alpha value is -2.42. The van der Waals surface area contributed by atoms with Crippen LogP contribution < -0.4 is 10.0 Å². The molecule has 0 unspecified atom stereocenters. The quantitative estimate of drug-likeness (QED) is 0.773. The van der Waals surface area contributed by atoms with E-state index in [9.17, 15) is 17.6 Å². The molecule has 20 heavy (non-hydrogen) atoms. The van der Waals surface area contributed by atoms with Gasteiger partial charge in [-0.05, 0) is 24.3 Å². The number of hydrogen-bond donors (Lipinski definition) is 3. The molecule has 2 aromatic rings. The fourth-order valence-corrected chi connectivity index (χ4v) is 2.54. The van der Waals surface area contributed by atoms with E-state index in [4.69, 9.17) is 0 Å². The van der Waals surface area contributed by atoms with Crippen molar-refractivity contribution < 1.29 is 17.6 Å². The van der Waals surface area contributed by atoms with Crippen molar-refractivity contribution in [2.45, 2.75) is 4.90 Å². The number of carbonyl (C=O) groups excluding carboxylic acids is 1. The van der Waals surface area contributed by atoms with Crippen LogP contribution >= 0.6 is 0 Å². The van der Waals surface area contributed by atoms with E-state index in [1.54, 1.807) is 0 Å². The first-order chi connectivity index (χ1) is 9.44. The highest BCUT2D eigenvalue weighted by molar-refractivity contribution is 7.92. The van der Waals surface area contributed by atoms with Crippen LogP contribution in [0.4, 0.5) is 10.1 Å². The van der Waals surface area contributed by atoms with Crippen LogP contribution in [0, 0.1) is 5.82 Å². The minimum Gasteiger partial charge on any atom is -0.354 e. The summed E-state index contributed by atoms with van der Waals surface area (Å²) in [5.74, 6) is -1.06. The number of carbonyl (C=O) groups is 1. The summed E-state index contributed by atoms with van der Waals surface area (Å²) >= 11 is 0. The van der Waals surface area contributed by atoms with Gasteiger partial charge in [-0.3, -0.25) is 14.6 Å². The van der Waals surface area contributed by atoms with Crippen LogP contribution in [-0.4, -0.2) is 31.6 Å². The molecule has 106 valence electrons. The lowest BCUT2D eigenvalue weighted by Gasteiger charge is -2.07. The number of anilines is 1. The number of aromatic amines is 1. The number of rotatable bonds is 4. The first-order valence-electron chi connectivity index (χ1n) is 5.48. The maximum Gasteiger partial charge on any atom is 0.271 e. The SMILES string of the molecule is CNC(=O)c1[nH]ncc1NS(=O)(=O)c1ccc(F)cc1. The Bertz CT molecular complexity index is 724. The van der Waals surface area contributed by atoms with E-state index in [0.29, 0.717) is 0 Å². The van der Waals surface area contributed by atoms with E-state index in [-0.39, 0.29) is 16.3 Å². The molecule has 1 aromatic carbocycles. The van der Waals surface area contributed by atoms with Gasteiger partial charge in [-0.1, -0.05) is 0 Å². The lowest BCUT2D eigenvalue weighted by Crippen LogP contribution is -2.21.